The molecule has 1 spiro atoms. The largest absolute Gasteiger partial charge is 0.370 e. The predicted molar refractivity (Wildman–Crippen MR) is 116 cm³/mol. The van der Waals surface area contributed by atoms with Gasteiger partial charge in [-0.05, 0) is 42.3 Å². The van der Waals surface area contributed by atoms with E-state index in [4.69, 9.17) is 17.3 Å². The number of carbonyl (C=O) groups excluding carboxylic acids is 4. The summed E-state index contributed by atoms with van der Waals surface area (Å²) in [5, 5.41) is 6.32. The average molecular weight is 471 g/mol. The van der Waals surface area contributed by atoms with E-state index in [1.807, 2.05) is 0 Å². The zero-order valence-electron chi connectivity index (χ0n) is 17.5. The first kappa shape index (κ1) is 21.5. The molecule has 5 rings (SSSR count). The van der Waals surface area contributed by atoms with Crippen LogP contribution in [0.4, 0.5) is 10.1 Å². The lowest BCUT2D eigenvalue weighted by Gasteiger charge is -2.29. The Morgan fingerprint density at radius 3 is 2.55 bits per heavy atom. The normalized spacial score (nSPS) is 27.8. The maximum atomic E-state index is 13.6. The summed E-state index contributed by atoms with van der Waals surface area (Å²) >= 11 is 6.28. The number of imide groups is 1. The number of hydrogen-bond donors (Lipinski definition) is 3. The third kappa shape index (κ3) is 3.07. The van der Waals surface area contributed by atoms with Crippen molar-refractivity contribution in [3.8, 4) is 0 Å². The van der Waals surface area contributed by atoms with Crippen molar-refractivity contribution in [2.45, 2.75) is 31.5 Å². The van der Waals surface area contributed by atoms with E-state index in [2.05, 4.69) is 10.6 Å². The highest BCUT2D eigenvalue weighted by Gasteiger charge is 2.70. The minimum absolute atomic E-state index is 0.0760. The molecule has 3 aliphatic rings. The number of amides is 4. The molecule has 4 atom stereocenters. The number of nitrogens with zero attached hydrogens (tertiary/aromatic N) is 1. The number of primary amides is 1. The van der Waals surface area contributed by atoms with Crippen molar-refractivity contribution in [1.29, 1.82) is 0 Å². The molecule has 2 aromatic carbocycles. The number of aryl methyl sites for hydroxylation is 1. The Labute approximate surface area is 193 Å². The lowest BCUT2D eigenvalue weighted by molar-refractivity contribution is -0.143. The van der Waals surface area contributed by atoms with Crippen LogP contribution in [-0.4, -0.2) is 34.6 Å². The van der Waals surface area contributed by atoms with E-state index in [-0.39, 0.29) is 13.0 Å². The first-order chi connectivity index (χ1) is 15.6. The number of nitrogens with two attached hydrogens (primary N) is 1. The number of likely N-dealkylation sites (tertiary alicyclic amines) is 1. The van der Waals surface area contributed by atoms with Gasteiger partial charge in [-0.15, -0.1) is 0 Å². The standard InChI is InChI=1S/C23H20ClFN4O4/c1-10-6-12(24)7-14-19(10)27-22(33)23(14)18-17(15(28-23)8-16(26)30)20(31)29(21(18)32)9-11-2-4-13(25)5-3-11/h2-7,15,17-18,28H,8-9H2,1H3,(H2,26,30)(H,27,33). The topological polar surface area (TPSA) is 122 Å². The van der Waals surface area contributed by atoms with Crippen molar-refractivity contribution in [1.82, 2.24) is 10.2 Å². The summed E-state index contributed by atoms with van der Waals surface area (Å²) in [6.45, 7) is 1.70. The molecule has 10 heteroatoms. The Morgan fingerprint density at radius 1 is 1.18 bits per heavy atom. The molecule has 2 fully saturated rings. The fourth-order valence-corrected chi connectivity index (χ4v) is 5.69. The third-order valence-corrected chi connectivity index (χ3v) is 6.97. The van der Waals surface area contributed by atoms with Crippen LogP contribution in [0.15, 0.2) is 36.4 Å². The number of nitrogens with one attached hydrogen (secondary N) is 2. The maximum absolute atomic E-state index is 13.6. The van der Waals surface area contributed by atoms with Crippen LogP contribution >= 0.6 is 11.6 Å². The Balaban J connectivity index is 1.62. The molecule has 8 nitrogen and oxygen atoms in total. The van der Waals surface area contributed by atoms with Gasteiger partial charge in [-0.1, -0.05) is 23.7 Å². The quantitative estimate of drug-likeness (QED) is 0.586. The third-order valence-electron chi connectivity index (χ3n) is 6.75. The molecule has 4 amide bonds. The van der Waals surface area contributed by atoms with Gasteiger partial charge in [-0.25, -0.2) is 4.39 Å². The van der Waals surface area contributed by atoms with Gasteiger partial charge in [-0.2, -0.15) is 0 Å². The van der Waals surface area contributed by atoms with Crippen molar-refractivity contribution >= 4 is 40.9 Å². The molecule has 2 saturated heterocycles. The lowest BCUT2D eigenvalue weighted by Crippen LogP contribution is -2.53. The second-order valence-electron chi connectivity index (χ2n) is 8.72. The highest BCUT2D eigenvalue weighted by Crippen LogP contribution is 2.54. The molecule has 3 heterocycles. The minimum atomic E-state index is -1.57. The second-order valence-corrected chi connectivity index (χ2v) is 9.16. The van der Waals surface area contributed by atoms with E-state index in [1.54, 1.807) is 19.1 Å². The molecule has 0 bridgehead atoms. The molecule has 2 aromatic rings. The number of anilines is 1. The number of halogens is 2. The van der Waals surface area contributed by atoms with Gasteiger partial charge < -0.3 is 11.1 Å². The van der Waals surface area contributed by atoms with Gasteiger partial charge in [0.15, 0.2) is 0 Å². The summed E-state index contributed by atoms with van der Waals surface area (Å²) in [7, 11) is 0. The Morgan fingerprint density at radius 2 is 1.88 bits per heavy atom. The van der Waals surface area contributed by atoms with Crippen molar-refractivity contribution in [2.75, 3.05) is 5.32 Å². The average Bonchev–Trinajstić information content (AvgIpc) is 3.31. The summed E-state index contributed by atoms with van der Waals surface area (Å²) in [5.74, 6) is -4.71. The van der Waals surface area contributed by atoms with Gasteiger partial charge in [0.25, 0.3) is 0 Å². The highest BCUT2D eigenvalue weighted by atomic mass is 35.5. The van der Waals surface area contributed by atoms with Gasteiger partial charge in [0.05, 0.1) is 18.4 Å². The molecule has 0 saturated carbocycles. The molecule has 4 N–H and O–H groups in total. The molecule has 3 aliphatic heterocycles. The molecule has 33 heavy (non-hydrogen) atoms. The van der Waals surface area contributed by atoms with Crippen LogP contribution in [0, 0.1) is 24.6 Å². The van der Waals surface area contributed by atoms with Crippen LogP contribution in [0.5, 0.6) is 0 Å². The van der Waals surface area contributed by atoms with E-state index in [1.165, 1.54) is 24.3 Å². The van der Waals surface area contributed by atoms with Gasteiger partial charge >= 0.3 is 0 Å². The fraction of sp³-hybridized carbons (Fsp3) is 0.304. The van der Waals surface area contributed by atoms with Gasteiger partial charge in [0, 0.05) is 28.7 Å². The fourth-order valence-electron chi connectivity index (χ4n) is 5.41. The summed E-state index contributed by atoms with van der Waals surface area (Å²) in [4.78, 5) is 53.3. The Bertz CT molecular complexity index is 1230. The number of hydrogen-bond acceptors (Lipinski definition) is 5. The smallest absolute Gasteiger partial charge is 0.250 e. The molecule has 170 valence electrons. The maximum Gasteiger partial charge on any atom is 0.250 e. The number of benzene rings is 2. The molecule has 0 aliphatic carbocycles. The SMILES string of the molecule is Cc1cc(Cl)cc2c1NC(=O)C21NC(CC(N)=O)C2C(=O)N(Cc3ccc(F)cc3)C(=O)C21. The van der Waals surface area contributed by atoms with Gasteiger partial charge in [-0.3, -0.25) is 29.4 Å². The molecule has 0 radical (unpaired) electrons. The Hall–Kier alpha value is -3.30. The molecule has 0 aromatic heterocycles. The zero-order chi connectivity index (χ0) is 23.7. The summed E-state index contributed by atoms with van der Waals surface area (Å²) in [6, 6.07) is 7.92. The zero-order valence-corrected chi connectivity index (χ0v) is 18.3. The van der Waals surface area contributed by atoms with Gasteiger partial charge in [0.1, 0.15) is 11.4 Å². The van der Waals surface area contributed by atoms with E-state index in [9.17, 15) is 23.6 Å². The van der Waals surface area contributed by atoms with Crippen molar-refractivity contribution in [3.05, 3.63) is 63.9 Å². The van der Waals surface area contributed by atoms with E-state index in [0.29, 0.717) is 27.4 Å². The van der Waals surface area contributed by atoms with Crippen molar-refractivity contribution in [3.63, 3.8) is 0 Å². The summed E-state index contributed by atoms with van der Waals surface area (Å²) in [5.41, 5.74) is 6.10. The monoisotopic (exact) mass is 470 g/mol. The molecular formula is C23H20ClFN4O4. The number of fused-ring (bicyclic) bond motifs is 4. The van der Waals surface area contributed by atoms with Crippen LogP contribution in [-0.2, 0) is 31.3 Å². The van der Waals surface area contributed by atoms with Crippen LogP contribution < -0.4 is 16.4 Å². The first-order valence-corrected chi connectivity index (χ1v) is 10.8. The van der Waals surface area contributed by atoms with E-state index >= 15 is 0 Å². The number of carbonyl (C=O) groups is 4. The first-order valence-electron chi connectivity index (χ1n) is 10.4. The number of rotatable bonds is 4. The van der Waals surface area contributed by atoms with Crippen LogP contribution in [0.2, 0.25) is 5.02 Å². The van der Waals surface area contributed by atoms with Crippen molar-refractivity contribution < 1.29 is 23.6 Å². The van der Waals surface area contributed by atoms with Gasteiger partial charge in [0.2, 0.25) is 23.6 Å². The van der Waals surface area contributed by atoms with E-state index in [0.717, 1.165) is 4.90 Å². The molecular weight excluding hydrogens is 451 g/mol. The lowest BCUT2D eigenvalue weighted by atomic mass is 9.76. The highest BCUT2D eigenvalue weighted by molar-refractivity contribution is 6.31. The second kappa shape index (κ2) is 7.36. The van der Waals surface area contributed by atoms with Crippen LogP contribution in [0.25, 0.3) is 0 Å². The predicted octanol–water partition coefficient (Wildman–Crippen LogP) is 1.58. The summed E-state index contributed by atoms with van der Waals surface area (Å²) in [6.07, 6.45) is -0.228. The van der Waals surface area contributed by atoms with E-state index < -0.39 is 52.9 Å². The summed E-state index contributed by atoms with van der Waals surface area (Å²) < 4.78 is 13.3. The Kier molecular flexibility index (Phi) is 4.80. The molecule has 4 unspecified atom stereocenters. The van der Waals surface area contributed by atoms with Crippen molar-refractivity contribution in [2.24, 2.45) is 17.6 Å². The van der Waals surface area contributed by atoms with Crippen LogP contribution in [0.3, 0.4) is 0 Å². The minimum Gasteiger partial charge on any atom is -0.370 e. The van der Waals surface area contributed by atoms with Crippen LogP contribution in [0.1, 0.15) is 23.1 Å².